The summed E-state index contributed by atoms with van der Waals surface area (Å²) in [7, 11) is 0. The molecule has 1 aromatic heterocycles. The topological polar surface area (TPSA) is 84.0 Å². The molecule has 3 rings (SSSR count). The number of nitrogens with one attached hydrogen (secondary N) is 2. The number of halogens is 6. The summed E-state index contributed by atoms with van der Waals surface area (Å²) in [4.78, 5) is 30.7. The third-order valence-electron chi connectivity index (χ3n) is 4.07. The van der Waals surface area contributed by atoms with E-state index in [1.54, 1.807) is 10.6 Å². The van der Waals surface area contributed by atoms with Crippen LogP contribution in [-0.4, -0.2) is 34.1 Å². The molecule has 2 aromatic carbocycles. The Morgan fingerprint density at radius 3 is 1.28 bits per heavy atom. The maximum absolute atomic E-state index is 12.6. The quantitative estimate of drug-likeness (QED) is 0.554. The van der Waals surface area contributed by atoms with Crippen molar-refractivity contribution in [2.24, 2.45) is 0 Å². The largest absolute Gasteiger partial charge is 0.471 e. The zero-order valence-electron chi connectivity index (χ0n) is 15.8. The van der Waals surface area contributed by atoms with Crippen molar-refractivity contribution >= 4 is 23.2 Å². The van der Waals surface area contributed by atoms with Crippen LogP contribution in [0, 0.1) is 0 Å². The first-order valence-corrected chi connectivity index (χ1v) is 8.74. The fraction of sp³-hybridized carbons (Fsp3) is 0.100. The van der Waals surface area contributed by atoms with Crippen LogP contribution in [0.25, 0.3) is 22.5 Å². The summed E-state index contributed by atoms with van der Waals surface area (Å²) in [6.07, 6.45) is -7.83. The molecule has 0 saturated heterocycles. The van der Waals surface area contributed by atoms with Crippen LogP contribution in [0.3, 0.4) is 0 Å². The predicted molar refractivity (Wildman–Crippen MR) is 102 cm³/mol. The van der Waals surface area contributed by atoms with Gasteiger partial charge in [0.1, 0.15) is 0 Å². The molecule has 0 saturated carbocycles. The first-order valence-electron chi connectivity index (χ1n) is 8.74. The van der Waals surface area contributed by atoms with Gasteiger partial charge in [-0.15, -0.1) is 0 Å². The Morgan fingerprint density at radius 2 is 0.969 bits per heavy atom. The van der Waals surface area contributed by atoms with Crippen molar-refractivity contribution in [1.29, 1.82) is 0 Å². The van der Waals surface area contributed by atoms with Crippen LogP contribution in [0.4, 0.5) is 37.7 Å². The minimum Gasteiger partial charge on any atom is -0.318 e. The van der Waals surface area contributed by atoms with E-state index in [9.17, 15) is 35.9 Å². The zero-order valence-corrected chi connectivity index (χ0v) is 15.8. The van der Waals surface area contributed by atoms with E-state index < -0.39 is 24.2 Å². The van der Waals surface area contributed by atoms with Gasteiger partial charge in [-0.2, -0.15) is 26.3 Å². The Kier molecular flexibility index (Phi) is 6.14. The van der Waals surface area contributed by atoms with Crippen molar-refractivity contribution < 1.29 is 35.9 Å². The van der Waals surface area contributed by atoms with Crippen molar-refractivity contribution in [3.8, 4) is 22.5 Å². The highest BCUT2D eigenvalue weighted by Gasteiger charge is 2.39. The Balaban J connectivity index is 1.91. The monoisotopic (exact) mass is 454 g/mol. The molecule has 166 valence electrons. The molecule has 1 heterocycles. The van der Waals surface area contributed by atoms with Crippen molar-refractivity contribution in [3.05, 3.63) is 60.9 Å². The van der Waals surface area contributed by atoms with Gasteiger partial charge in [-0.3, -0.25) is 19.6 Å². The number of benzene rings is 2. The number of nitrogens with zero attached hydrogens (tertiary/aromatic N) is 2. The Morgan fingerprint density at radius 1 is 0.625 bits per heavy atom. The predicted octanol–water partition coefficient (Wildman–Crippen LogP) is 4.81. The average molecular weight is 454 g/mol. The smallest absolute Gasteiger partial charge is 0.318 e. The lowest BCUT2D eigenvalue weighted by molar-refractivity contribution is -0.167. The molecule has 0 bridgehead atoms. The second-order valence-electron chi connectivity index (χ2n) is 6.28. The van der Waals surface area contributed by atoms with E-state index in [1.807, 2.05) is 0 Å². The molecule has 0 fully saturated rings. The summed E-state index contributed by atoms with van der Waals surface area (Å²) >= 11 is 0. The molecule has 3 aromatic rings. The van der Waals surface area contributed by atoms with Crippen LogP contribution in [-0.2, 0) is 9.59 Å². The van der Waals surface area contributed by atoms with E-state index in [0.29, 0.717) is 0 Å². The average Bonchev–Trinajstić information content (AvgIpc) is 2.73. The van der Waals surface area contributed by atoms with Gasteiger partial charge in [0, 0.05) is 11.1 Å². The molecule has 0 aliphatic carbocycles. The third-order valence-corrected chi connectivity index (χ3v) is 4.07. The van der Waals surface area contributed by atoms with Gasteiger partial charge in [0.15, 0.2) is 0 Å². The van der Waals surface area contributed by atoms with Crippen molar-refractivity contribution in [1.82, 2.24) is 9.97 Å². The zero-order chi connectivity index (χ0) is 23.5. The summed E-state index contributed by atoms with van der Waals surface area (Å²) in [5.74, 6) is -4.33. The highest BCUT2D eigenvalue weighted by atomic mass is 19.4. The lowest BCUT2D eigenvalue weighted by atomic mass is 10.1. The van der Waals surface area contributed by atoms with Gasteiger partial charge in [0.25, 0.3) is 0 Å². The molecule has 0 radical (unpaired) electrons. The SMILES string of the molecule is O=C(Nc1ccccc1-c1cnc(-c2ccccc2NC(=O)C(F)(F)F)cn1)C(F)(F)F. The molecule has 32 heavy (non-hydrogen) atoms. The molecule has 6 nitrogen and oxygen atoms in total. The van der Waals surface area contributed by atoms with E-state index in [0.717, 1.165) is 0 Å². The van der Waals surface area contributed by atoms with Crippen molar-refractivity contribution in [3.63, 3.8) is 0 Å². The maximum Gasteiger partial charge on any atom is 0.471 e. The molecule has 0 aliphatic rings. The summed E-state index contributed by atoms with van der Waals surface area (Å²) in [6, 6.07) is 11.2. The summed E-state index contributed by atoms with van der Waals surface area (Å²) in [6.45, 7) is 0. The normalized spacial score (nSPS) is 11.7. The van der Waals surface area contributed by atoms with Crippen LogP contribution in [0.2, 0.25) is 0 Å². The van der Waals surface area contributed by atoms with Gasteiger partial charge < -0.3 is 10.6 Å². The highest BCUT2D eigenvalue weighted by Crippen LogP contribution is 2.31. The minimum atomic E-state index is -5.09. The van der Waals surface area contributed by atoms with E-state index in [-0.39, 0.29) is 33.9 Å². The molecular formula is C20H12F6N4O2. The molecule has 2 amide bonds. The van der Waals surface area contributed by atoms with Gasteiger partial charge >= 0.3 is 24.2 Å². The number of rotatable bonds is 4. The fourth-order valence-corrected chi connectivity index (χ4v) is 2.62. The number of anilines is 2. The maximum atomic E-state index is 12.6. The first-order chi connectivity index (χ1) is 15.0. The van der Waals surface area contributed by atoms with Gasteiger partial charge in [-0.05, 0) is 12.1 Å². The summed E-state index contributed by atoms with van der Waals surface area (Å²) < 4.78 is 75.4. The first kappa shape index (κ1) is 22.7. The molecular weight excluding hydrogens is 442 g/mol. The van der Waals surface area contributed by atoms with E-state index >= 15 is 0 Å². The van der Waals surface area contributed by atoms with Gasteiger partial charge in [0.2, 0.25) is 0 Å². The van der Waals surface area contributed by atoms with Gasteiger partial charge in [-0.1, -0.05) is 36.4 Å². The number of carbonyl (C=O) groups is 2. The Hall–Kier alpha value is -3.96. The standard InChI is InChI=1S/C20H12F6N4O2/c21-19(22,23)17(31)29-13-7-3-1-5-11(13)15-9-28-16(10-27-15)12-6-2-4-8-14(12)30-18(32)20(24,25)26/h1-10H,(H,29,31)(H,30,32). The van der Waals surface area contributed by atoms with Crippen LogP contribution in [0.1, 0.15) is 0 Å². The number of para-hydroxylation sites is 2. The van der Waals surface area contributed by atoms with Crippen LogP contribution >= 0.6 is 0 Å². The molecule has 2 N–H and O–H groups in total. The van der Waals surface area contributed by atoms with Crippen LogP contribution in [0.5, 0.6) is 0 Å². The van der Waals surface area contributed by atoms with Gasteiger partial charge in [-0.25, -0.2) is 0 Å². The van der Waals surface area contributed by atoms with Crippen LogP contribution < -0.4 is 10.6 Å². The van der Waals surface area contributed by atoms with Crippen molar-refractivity contribution in [2.45, 2.75) is 12.4 Å². The Labute approximate surface area is 176 Å². The minimum absolute atomic E-state index is 0.101. The van der Waals surface area contributed by atoms with E-state index in [2.05, 4.69) is 9.97 Å². The highest BCUT2D eigenvalue weighted by molar-refractivity contribution is 5.99. The molecule has 12 heteroatoms. The lowest BCUT2D eigenvalue weighted by Gasteiger charge is -2.13. The van der Waals surface area contributed by atoms with Crippen LogP contribution in [0.15, 0.2) is 60.9 Å². The number of aromatic nitrogens is 2. The van der Waals surface area contributed by atoms with Crippen molar-refractivity contribution in [2.75, 3.05) is 10.6 Å². The Bertz CT molecular complexity index is 1050. The summed E-state index contributed by atoms with van der Waals surface area (Å²) in [5.41, 5.74) is 0.169. The molecule has 0 unspecified atom stereocenters. The number of carbonyl (C=O) groups excluding carboxylic acids is 2. The fourth-order valence-electron chi connectivity index (χ4n) is 2.62. The number of hydrogen-bond acceptors (Lipinski definition) is 4. The lowest BCUT2D eigenvalue weighted by Crippen LogP contribution is -2.30. The summed E-state index contributed by atoms with van der Waals surface area (Å²) in [5, 5.41) is 3.51. The molecule has 0 spiro atoms. The number of alkyl halides is 6. The molecule has 0 atom stereocenters. The van der Waals surface area contributed by atoms with E-state index in [4.69, 9.17) is 0 Å². The number of hydrogen-bond donors (Lipinski definition) is 2. The number of amides is 2. The molecule has 0 aliphatic heterocycles. The second-order valence-corrected chi connectivity index (χ2v) is 6.28. The second kappa shape index (κ2) is 8.65. The van der Waals surface area contributed by atoms with Gasteiger partial charge in [0.05, 0.1) is 35.2 Å². The van der Waals surface area contributed by atoms with E-state index in [1.165, 1.54) is 60.9 Å². The third kappa shape index (κ3) is 5.20.